The van der Waals surface area contributed by atoms with Crippen molar-refractivity contribution >= 4 is 21.4 Å². The zero-order valence-electron chi connectivity index (χ0n) is 21.3. The fourth-order valence-electron chi connectivity index (χ4n) is 5.51. The number of benzene rings is 1. The van der Waals surface area contributed by atoms with E-state index in [1.54, 1.807) is 41.3 Å². The normalized spacial score (nSPS) is 20.1. The summed E-state index contributed by atoms with van der Waals surface area (Å²) < 4.78 is 56.7. The summed E-state index contributed by atoms with van der Waals surface area (Å²) in [5.74, 6) is -3.17. The van der Waals surface area contributed by atoms with E-state index in [-0.39, 0.29) is 0 Å². The Labute approximate surface area is 224 Å². The van der Waals surface area contributed by atoms with Crippen LogP contribution in [0.5, 0.6) is 0 Å². The summed E-state index contributed by atoms with van der Waals surface area (Å²) in [5, 5.41) is 18.0. The van der Waals surface area contributed by atoms with Crippen molar-refractivity contribution in [2.75, 3.05) is 35.1 Å². The number of aromatic nitrogens is 4. The predicted molar refractivity (Wildman–Crippen MR) is 142 cm³/mol. The van der Waals surface area contributed by atoms with E-state index in [9.17, 15) is 22.0 Å². The molecule has 1 spiro atoms. The van der Waals surface area contributed by atoms with Gasteiger partial charge in [-0.25, -0.2) is 26.6 Å². The largest absolute Gasteiger partial charge is 0.395 e. The van der Waals surface area contributed by atoms with Crippen LogP contribution in [0.25, 0.3) is 16.9 Å². The summed E-state index contributed by atoms with van der Waals surface area (Å²) >= 11 is 0. The number of halogens is 2. The number of aliphatic hydroxyl groups is 1. The van der Waals surface area contributed by atoms with Gasteiger partial charge in [0.2, 0.25) is 10.0 Å². The lowest BCUT2D eigenvalue weighted by atomic mass is 9.88. The van der Waals surface area contributed by atoms with Crippen molar-refractivity contribution < 1.29 is 22.3 Å². The van der Waals surface area contributed by atoms with Crippen LogP contribution in [-0.2, 0) is 10.0 Å². The SMILES string of the molecule is O=c1ccc(-c2cnn(-c3ccc(NS(=O)(=O)CCO)cc3N3CCC4(CC3)CC4)c2)nn1C1CC(F)(F)C1. The first-order valence-corrected chi connectivity index (χ1v) is 14.7. The zero-order valence-corrected chi connectivity index (χ0v) is 22.1. The third kappa shape index (κ3) is 5.29. The molecule has 2 aliphatic carbocycles. The third-order valence-corrected chi connectivity index (χ3v) is 9.36. The second-order valence-electron chi connectivity index (χ2n) is 10.9. The molecule has 0 unspecified atom stereocenters. The number of nitrogens with one attached hydrogen (secondary N) is 1. The Hall–Kier alpha value is -3.32. The molecule has 3 heterocycles. The Morgan fingerprint density at radius 3 is 2.46 bits per heavy atom. The zero-order chi connectivity index (χ0) is 27.4. The highest BCUT2D eigenvalue weighted by atomic mass is 32.2. The molecule has 2 aromatic heterocycles. The second-order valence-corrected chi connectivity index (χ2v) is 12.8. The Kier molecular flexibility index (Phi) is 6.25. The molecule has 10 nitrogen and oxygen atoms in total. The average molecular weight is 561 g/mol. The van der Waals surface area contributed by atoms with Gasteiger partial charge in [0.25, 0.3) is 11.5 Å². The van der Waals surface area contributed by atoms with Crippen LogP contribution in [0.4, 0.5) is 20.2 Å². The van der Waals surface area contributed by atoms with Crippen molar-refractivity contribution in [3.8, 4) is 16.9 Å². The van der Waals surface area contributed by atoms with E-state index in [1.807, 2.05) is 0 Å². The third-order valence-electron chi connectivity index (χ3n) is 8.10. The first-order chi connectivity index (χ1) is 18.6. The van der Waals surface area contributed by atoms with Crippen molar-refractivity contribution in [3.63, 3.8) is 0 Å². The van der Waals surface area contributed by atoms with Crippen molar-refractivity contribution in [2.24, 2.45) is 5.41 Å². The Balaban J connectivity index is 1.32. The van der Waals surface area contributed by atoms with Crippen molar-refractivity contribution in [2.45, 2.75) is 50.5 Å². The fraction of sp³-hybridized carbons (Fsp3) is 0.500. The molecule has 3 fully saturated rings. The van der Waals surface area contributed by atoms with E-state index in [2.05, 4.69) is 19.8 Å². The molecule has 0 radical (unpaired) electrons. The number of rotatable bonds is 8. The van der Waals surface area contributed by atoms with Crippen molar-refractivity contribution in [3.05, 3.63) is 53.1 Å². The van der Waals surface area contributed by atoms with E-state index in [4.69, 9.17) is 5.11 Å². The van der Waals surface area contributed by atoms with E-state index in [1.165, 1.54) is 18.9 Å². The molecule has 1 aliphatic heterocycles. The molecular weight excluding hydrogens is 530 g/mol. The van der Waals surface area contributed by atoms with Gasteiger partial charge in [-0.05, 0) is 55.4 Å². The molecule has 3 aromatic rings. The number of nitrogens with zero attached hydrogens (tertiary/aromatic N) is 5. The molecule has 0 amide bonds. The molecule has 0 atom stereocenters. The standard InChI is InChI=1S/C26H30F2N6O4S/c27-26(28)14-20(15-26)34-24(36)4-2-21(30-34)18-16-29-33(17-18)22-3-1-19(31-39(37,38)12-11-35)13-23(22)32-9-7-25(5-6-25)8-10-32/h1-4,13,16-17,20,31,35H,5-12,14-15H2. The van der Waals surface area contributed by atoms with Gasteiger partial charge in [-0.15, -0.1) is 0 Å². The van der Waals surface area contributed by atoms with E-state index in [0.717, 1.165) is 42.0 Å². The summed E-state index contributed by atoms with van der Waals surface area (Å²) in [6.45, 7) is 1.20. The van der Waals surface area contributed by atoms with Gasteiger partial charge in [0.15, 0.2) is 0 Å². The van der Waals surface area contributed by atoms with Crippen LogP contribution >= 0.6 is 0 Å². The lowest BCUT2D eigenvalue weighted by Crippen LogP contribution is -2.42. The van der Waals surface area contributed by atoms with Gasteiger partial charge in [0, 0.05) is 43.8 Å². The van der Waals surface area contributed by atoms with Crippen LogP contribution in [-0.4, -0.2) is 64.5 Å². The number of hydrogen-bond donors (Lipinski definition) is 2. The molecular formula is C26H30F2N6O4S. The Morgan fingerprint density at radius 1 is 1.05 bits per heavy atom. The van der Waals surface area contributed by atoms with Crippen LogP contribution < -0.4 is 15.2 Å². The van der Waals surface area contributed by atoms with Gasteiger partial charge in [-0.2, -0.15) is 10.2 Å². The lowest BCUT2D eigenvalue weighted by molar-refractivity contribution is -0.107. The van der Waals surface area contributed by atoms with Crippen LogP contribution in [0.2, 0.25) is 0 Å². The molecule has 2 saturated carbocycles. The van der Waals surface area contributed by atoms with Gasteiger partial charge >= 0.3 is 0 Å². The van der Waals surface area contributed by atoms with E-state index < -0.39 is 52.7 Å². The lowest BCUT2D eigenvalue weighted by Gasteiger charge is -2.35. The molecule has 1 saturated heterocycles. The minimum absolute atomic E-state index is 0.396. The Bertz CT molecular complexity index is 1550. The van der Waals surface area contributed by atoms with Crippen LogP contribution in [0, 0.1) is 5.41 Å². The molecule has 208 valence electrons. The monoisotopic (exact) mass is 560 g/mol. The minimum atomic E-state index is -3.69. The van der Waals surface area contributed by atoms with E-state index in [0.29, 0.717) is 22.4 Å². The summed E-state index contributed by atoms with van der Waals surface area (Å²) in [5.41, 5.74) is 3.04. The quantitative estimate of drug-likeness (QED) is 0.434. The molecule has 39 heavy (non-hydrogen) atoms. The maximum atomic E-state index is 13.4. The number of anilines is 2. The highest BCUT2D eigenvalue weighted by Gasteiger charge is 2.47. The van der Waals surface area contributed by atoms with Gasteiger partial charge in [0.05, 0.1) is 47.4 Å². The predicted octanol–water partition coefficient (Wildman–Crippen LogP) is 3.18. The van der Waals surface area contributed by atoms with Crippen LogP contribution in [0.1, 0.15) is 44.6 Å². The molecule has 2 N–H and O–H groups in total. The first-order valence-electron chi connectivity index (χ1n) is 13.1. The van der Waals surface area contributed by atoms with Gasteiger partial charge in [0.1, 0.15) is 0 Å². The molecule has 0 bridgehead atoms. The maximum Gasteiger partial charge on any atom is 0.267 e. The highest BCUT2D eigenvalue weighted by Crippen LogP contribution is 2.54. The smallest absolute Gasteiger partial charge is 0.267 e. The number of alkyl halides is 2. The molecule has 3 aliphatic rings. The van der Waals surface area contributed by atoms with Gasteiger partial charge in [-0.3, -0.25) is 9.52 Å². The van der Waals surface area contributed by atoms with Gasteiger partial charge < -0.3 is 10.0 Å². The molecule has 1 aromatic carbocycles. The topological polar surface area (TPSA) is 122 Å². The van der Waals surface area contributed by atoms with Crippen LogP contribution in [0.15, 0.2) is 47.5 Å². The average Bonchev–Trinajstić information content (AvgIpc) is 3.43. The summed E-state index contributed by atoms with van der Waals surface area (Å²) in [6, 6.07) is 7.47. The van der Waals surface area contributed by atoms with Crippen molar-refractivity contribution in [1.82, 2.24) is 19.6 Å². The molecule has 6 rings (SSSR count). The number of sulfonamides is 1. The number of piperidine rings is 1. The Morgan fingerprint density at radius 2 is 1.79 bits per heavy atom. The van der Waals surface area contributed by atoms with Gasteiger partial charge in [-0.1, -0.05) is 0 Å². The number of aliphatic hydroxyl groups excluding tert-OH is 1. The maximum absolute atomic E-state index is 13.4. The first kappa shape index (κ1) is 25.9. The summed E-state index contributed by atoms with van der Waals surface area (Å²) in [7, 11) is -3.69. The second kappa shape index (κ2) is 9.40. The number of hydrogen-bond acceptors (Lipinski definition) is 7. The minimum Gasteiger partial charge on any atom is -0.395 e. The summed E-state index contributed by atoms with van der Waals surface area (Å²) in [4.78, 5) is 14.5. The highest BCUT2D eigenvalue weighted by molar-refractivity contribution is 7.92. The fourth-order valence-corrected chi connectivity index (χ4v) is 6.34. The van der Waals surface area contributed by atoms with E-state index >= 15 is 0 Å². The summed E-state index contributed by atoms with van der Waals surface area (Å²) in [6.07, 6.45) is 7.20. The van der Waals surface area contributed by atoms with Crippen molar-refractivity contribution in [1.29, 1.82) is 0 Å². The van der Waals surface area contributed by atoms with Crippen LogP contribution in [0.3, 0.4) is 0 Å². The molecule has 13 heteroatoms.